The Hall–Kier alpha value is -0.590. The summed E-state index contributed by atoms with van der Waals surface area (Å²) in [6.45, 7) is 2.10. The molecule has 0 atom stereocenters. The lowest BCUT2D eigenvalue weighted by molar-refractivity contribution is -0.107. The van der Waals surface area contributed by atoms with E-state index in [1.54, 1.807) is 0 Å². The second kappa shape index (κ2) is 18.4. The minimum Gasteiger partial charge on any atom is -0.303 e. The zero-order valence-electron chi connectivity index (χ0n) is 13.7. The van der Waals surface area contributed by atoms with Crippen LogP contribution in [0.25, 0.3) is 0 Å². The average molecular weight is 280 g/mol. The molecule has 0 aromatic carbocycles. The molecule has 0 bridgehead atoms. The van der Waals surface area contributed by atoms with Crippen molar-refractivity contribution in [3.8, 4) is 0 Å². The van der Waals surface area contributed by atoms with Gasteiger partial charge in [0.15, 0.2) is 0 Å². The summed E-state index contributed by atoms with van der Waals surface area (Å²) in [4.78, 5) is 10.1. The highest BCUT2D eigenvalue weighted by Crippen LogP contribution is 2.13. The summed E-state index contributed by atoms with van der Waals surface area (Å²) in [7, 11) is 0. The van der Waals surface area contributed by atoms with Gasteiger partial charge in [0.1, 0.15) is 6.29 Å². The van der Waals surface area contributed by atoms with E-state index < -0.39 is 0 Å². The van der Waals surface area contributed by atoms with E-state index >= 15 is 0 Å². The lowest BCUT2D eigenvalue weighted by Crippen LogP contribution is -1.83. The molecule has 0 aliphatic heterocycles. The van der Waals surface area contributed by atoms with Gasteiger partial charge >= 0.3 is 0 Å². The fourth-order valence-corrected chi connectivity index (χ4v) is 2.60. The maximum Gasteiger partial charge on any atom is 0.119 e. The highest BCUT2D eigenvalue weighted by Gasteiger charge is 1.93. The van der Waals surface area contributed by atoms with Gasteiger partial charge < -0.3 is 4.79 Å². The van der Waals surface area contributed by atoms with E-state index in [-0.39, 0.29) is 0 Å². The van der Waals surface area contributed by atoms with Gasteiger partial charge in [0.25, 0.3) is 0 Å². The molecule has 0 spiro atoms. The van der Waals surface area contributed by atoms with Crippen molar-refractivity contribution >= 4 is 6.29 Å². The molecule has 0 amide bonds. The molecule has 0 saturated carbocycles. The van der Waals surface area contributed by atoms with Crippen LogP contribution in [0.4, 0.5) is 0 Å². The third kappa shape index (κ3) is 17.4. The largest absolute Gasteiger partial charge is 0.303 e. The molecular weight excluding hydrogens is 244 g/mol. The van der Waals surface area contributed by atoms with Crippen LogP contribution in [-0.4, -0.2) is 6.29 Å². The number of aldehydes is 1. The summed E-state index contributed by atoms with van der Waals surface area (Å²) >= 11 is 0. The van der Waals surface area contributed by atoms with Crippen molar-refractivity contribution in [2.75, 3.05) is 0 Å². The number of unbranched alkanes of at least 4 members (excludes halogenated alkanes) is 14. The van der Waals surface area contributed by atoms with Crippen LogP contribution in [0.15, 0.2) is 12.2 Å². The topological polar surface area (TPSA) is 17.1 Å². The van der Waals surface area contributed by atoms with Crippen LogP contribution in [-0.2, 0) is 4.79 Å². The first-order chi connectivity index (χ1) is 9.91. The summed E-state index contributed by atoms with van der Waals surface area (Å²) in [5.41, 5.74) is 0. The predicted octanol–water partition coefficient (Wildman–Crippen LogP) is 6.61. The normalized spacial score (nSPS) is 11.2. The van der Waals surface area contributed by atoms with E-state index in [2.05, 4.69) is 19.1 Å². The Kier molecular flexibility index (Phi) is 17.9. The van der Waals surface area contributed by atoms with E-state index in [1.165, 1.54) is 83.5 Å². The first kappa shape index (κ1) is 19.4. The van der Waals surface area contributed by atoms with Crippen LogP contribution in [0, 0.1) is 0 Å². The van der Waals surface area contributed by atoms with Crippen molar-refractivity contribution in [1.29, 1.82) is 0 Å². The van der Waals surface area contributed by atoms with Crippen molar-refractivity contribution < 1.29 is 4.79 Å². The minimum absolute atomic E-state index is 0.759. The third-order valence-corrected chi connectivity index (χ3v) is 3.93. The summed E-state index contributed by atoms with van der Waals surface area (Å²) in [6, 6.07) is 0. The molecule has 0 unspecified atom stereocenters. The van der Waals surface area contributed by atoms with E-state index in [4.69, 9.17) is 0 Å². The molecular formula is C19H36O. The molecule has 0 N–H and O–H groups in total. The van der Waals surface area contributed by atoms with Gasteiger partial charge in [-0.3, -0.25) is 0 Å². The average Bonchev–Trinajstić information content (AvgIpc) is 2.47. The standard InChI is InChI=1S/C19H36O/c1-2-3-4-5-6-7-8-9-10-11-12-13-14-15-16-17-18-19-20/h2-3,19H,4-18H2,1H3/b3-2+. The molecule has 0 aromatic rings. The molecule has 0 heterocycles. The van der Waals surface area contributed by atoms with E-state index in [0.29, 0.717) is 0 Å². The Morgan fingerprint density at radius 1 is 0.550 bits per heavy atom. The van der Waals surface area contributed by atoms with Crippen molar-refractivity contribution in [2.24, 2.45) is 0 Å². The number of carbonyl (C=O) groups is 1. The third-order valence-electron chi connectivity index (χ3n) is 3.93. The number of rotatable bonds is 16. The Bertz CT molecular complexity index is 208. The van der Waals surface area contributed by atoms with Gasteiger partial charge in [-0.25, -0.2) is 0 Å². The van der Waals surface area contributed by atoms with Gasteiger partial charge in [-0.2, -0.15) is 0 Å². The van der Waals surface area contributed by atoms with Crippen LogP contribution >= 0.6 is 0 Å². The van der Waals surface area contributed by atoms with Crippen molar-refractivity contribution in [3.63, 3.8) is 0 Å². The summed E-state index contributed by atoms with van der Waals surface area (Å²) < 4.78 is 0. The highest BCUT2D eigenvalue weighted by molar-refractivity contribution is 5.48. The van der Waals surface area contributed by atoms with Crippen molar-refractivity contribution in [1.82, 2.24) is 0 Å². The first-order valence-corrected chi connectivity index (χ1v) is 8.96. The number of hydrogen-bond donors (Lipinski definition) is 0. The molecule has 0 aromatic heterocycles. The monoisotopic (exact) mass is 280 g/mol. The van der Waals surface area contributed by atoms with Gasteiger partial charge in [0.2, 0.25) is 0 Å². The predicted molar refractivity (Wildman–Crippen MR) is 90.1 cm³/mol. The molecule has 0 saturated heterocycles. The molecule has 0 fully saturated rings. The van der Waals surface area contributed by atoms with Crippen LogP contribution < -0.4 is 0 Å². The smallest absolute Gasteiger partial charge is 0.119 e. The summed E-state index contributed by atoms with van der Waals surface area (Å²) in [6.07, 6.45) is 25.2. The maximum absolute atomic E-state index is 10.1. The van der Waals surface area contributed by atoms with E-state index in [1.807, 2.05) is 0 Å². The second-order valence-corrected chi connectivity index (χ2v) is 5.91. The molecule has 0 aliphatic carbocycles. The highest BCUT2D eigenvalue weighted by atomic mass is 16.1. The summed E-state index contributed by atoms with van der Waals surface area (Å²) in [5.74, 6) is 0. The zero-order chi connectivity index (χ0) is 14.7. The van der Waals surface area contributed by atoms with Gasteiger partial charge in [-0.15, -0.1) is 0 Å². The maximum atomic E-state index is 10.1. The van der Waals surface area contributed by atoms with Crippen LogP contribution in [0.5, 0.6) is 0 Å². The van der Waals surface area contributed by atoms with Crippen molar-refractivity contribution in [2.45, 2.75) is 103 Å². The molecule has 0 rings (SSSR count). The number of hydrogen-bond acceptors (Lipinski definition) is 1. The Balaban J connectivity index is 2.94. The molecule has 0 radical (unpaired) electrons. The Labute approximate surface area is 127 Å². The number of carbonyl (C=O) groups excluding carboxylic acids is 1. The minimum atomic E-state index is 0.759. The van der Waals surface area contributed by atoms with Crippen molar-refractivity contribution in [3.05, 3.63) is 12.2 Å². The van der Waals surface area contributed by atoms with Crippen LogP contribution in [0.2, 0.25) is 0 Å². The Morgan fingerprint density at radius 3 is 1.25 bits per heavy atom. The van der Waals surface area contributed by atoms with Crippen LogP contribution in [0.3, 0.4) is 0 Å². The lowest BCUT2D eigenvalue weighted by Gasteiger charge is -2.02. The van der Waals surface area contributed by atoms with E-state index in [9.17, 15) is 4.79 Å². The first-order valence-electron chi connectivity index (χ1n) is 8.96. The Morgan fingerprint density at radius 2 is 0.900 bits per heavy atom. The quantitative estimate of drug-likeness (QED) is 0.176. The summed E-state index contributed by atoms with van der Waals surface area (Å²) in [5, 5.41) is 0. The lowest BCUT2D eigenvalue weighted by atomic mass is 10.0. The number of allylic oxidation sites excluding steroid dienone is 2. The van der Waals surface area contributed by atoms with Gasteiger partial charge in [-0.1, -0.05) is 82.8 Å². The molecule has 118 valence electrons. The second-order valence-electron chi connectivity index (χ2n) is 5.91. The van der Waals surface area contributed by atoms with Gasteiger partial charge in [-0.05, 0) is 26.2 Å². The van der Waals surface area contributed by atoms with E-state index in [0.717, 1.165) is 19.1 Å². The molecule has 20 heavy (non-hydrogen) atoms. The molecule has 1 nitrogen and oxygen atoms in total. The molecule has 1 heteroatoms. The fraction of sp³-hybridized carbons (Fsp3) is 0.842. The van der Waals surface area contributed by atoms with Gasteiger partial charge in [0, 0.05) is 6.42 Å². The molecule has 0 aliphatic rings. The fourth-order valence-electron chi connectivity index (χ4n) is 2.60. The zero-order valence-corrected chi connectivity index (χ0v) is 13.7. The van der Waals surface area contributed by atoms with Gasteiger partial charge in [0.05, 0.1) is 0 Å². The van der Waals surface area contributed by atoms with Crippen LogP contribution in [0.1, 0.15) is 103 Å². The SMILES string of the molecule is C/C=C/CCCCCCCCCCCCCCCC=O.